The predicted octanol–water partition coefficient (Wildman–Crippen LogP) is 2.96. The van der Waals surface area contributed by atoms with Gasteiger partial charge >= 0.3 is 0 Å². The van der Waals surface area contributed by atoms with Gasteiger partial charge in [-0.1, -0.05) is 19.1 Å². The van der Waals surface area contributed by atoms with E-state index >= 15 is 0 Å². The molecule has 0 heterocycles. The molecule has 0 unspecified atom stereocenters. The maximum absolute atomic E-state index is 12.9. The number of aryl methyl sites for hydroxylation is 2. The summed E-state index contributed by atoms with van der Waals surface area (Å²) < 4.78 is 32.1. The first-order valence-electron chi connectivity index (χ1n) is 8.29. The van der Waals surface area contributed by atoms with E-state index in [1.165, 1.54) is 4.31 Å². The molecule has 2 rings (SSSR count). The quantitative estimate of drug-likeness (QED) is 0.806. The van der Waals surface area contributed by atoms with E-state index in [1.54, 1.807) is 57.4 Å². The fourth-order valence-electron chi connectivity index (χ4n) is 2.53. The molecule has 0 radical (unpaired) electrons. The molecule has 140 valence electrons. The number of anilines is 1. The summed E-state index contributed by atoms with van der Waals surface area (Å²) in [5.74, 6) is 0.279. The summed E-state index contributed by atoms with van der Waals surface area (Å²) in [5.41, 5.74) is 2.09. The predicted molar refractivity (Wildman–Crippen MR) is 102 cm³/mol. The highest BCUT2D eigenvalue weighted by atomic mass is 32.2. The summed E-state index contributed by atoms with van der Waals surface area (Å²) in [6.07, 6.45) is 0. The monoisotopic (exact) mass is 376 g/mol. The number of benzene rings is 2. The van der Waals surface area contributed by atoms with Crippen LogP contribution in [0.25, 0.3) is 0 Å². The molecular weight excluding hydrogens is 352 g/mol. The molecule has 0 spiro atoms. The molecule has 6 nitrogen and oxygen atoms in total. The molecule has 0 fully saturated rings. The summed E-state index contributed by atoms with van der Waals surface area (Å²) in [4.78, 5) is 12.6. The average molecular weight is 376 g/mol. The van der Waals surface area contributed by atoms with Crippen molar-refractivity contribution in [2.24, 2.45) is 0 Å². The van der Waals surface area contributed by atoms with Gasteiger partial charge in [-0.25, -0.2) is 8.42 Å². The van der Waals surface area contributed by atoms with Crippen molar-refractivity contribution in [2.75, 3.05) is 25.5 Å². The van der Waals surface area contributed by atoms with Gasteiger partial charge in [0, 0.05) is 12.2 Å². The van der Waals surface area contributed by atoms with Gasteiger partial charge in [0.1, 0.15) is 5.75 Å². The number of methoxy groups -OCH3 is 1. The second-order valence-electron chi connectivity index (χ2n) is 5.98. The maximum Gasteiger partial charge on any atom is 0.243 e. The first kappa shape index (κ1) is 19.9. The van der Waals surface area contributed by atoms with Gasteiger partial charge in [-0.3, -0.25) is 4.79 Å². The summed E-state index contributed by atoms with van der Waals surface area (Å²) in [5, 5.41) is 2.71. The van der Waals surface area contributed by atoms with E-state index in [4.69, 9.17) is 4.74 Å². The van der Waals surface area contributed by atoms with Crippen LogP contribution < -0.4 is 10.1 Å². The number of nitrogens with one attached hydrogen (secondary N) is 1. The topological polar surface area (TPSA) is 75.7 Å². The molecule has 1 amide bonds. The van der Waals surface area contributed by atoms with E-state index in [-0.39, 0.29) is 18.0 Å². The smallest absolute Gasteiger partial charge is 0.243 e. The van der Waals surface area contributed by atoms with Crippen molar-refractivity contribution in [3.8, 4) is 5.75 Å². The lowest BCUT2D eigenvalue weighted by atomic mass is 10.2. The summed E-state index contributed by atoms with van der Waals surface area (Å²) in [7, 11) is -2.19. The van der Waals surface area contributed by atoms with Crippen molar-refractivity contribution < 1.29 is 17.9 Å². The summed E-state index contributed by atoms with van der Waals surface area (Å²) in [6, 6.07) is 12.1. The number of carbonyl (C=O) groups excluding carboxylic acids is 1. The molecule has 7 heteroatoms. The lowest BCUT2D eigenvalue weighted by Gasteiger charge is -2.21. The van der Waals surface area contributed by atoms with E-state index in [0.29, 0.717) is 17.0 Å². The van der Waals surface area contributed by atoms with E-state index in [1.807, 2.05) is 13.0 Å². The molecule has 0 aliphatic rings. The molecule has 0 atom stereocenters. The third-order valence-corrected chi connectivity index (χ3v) is 6.07. The highest BCUT2D eigenvalue weighted by Gasteiger charge is 2.26. The van der Waals surface area contributed by atoms with Crippen LogP contribution in [0.15, 0.2) is 47.4 Å². The minimum Gasteiger partial charge on any atom is -0.497 e. The lowest BCUT2D eigenvalue weighted by molar-refractivity contribution is -0.116. The van der Waals surface area contributed by atoms with Gasteiger partial charge in [0.2, 0.25) is 15.9 Å². The molecule has 0 bridgehead atoms. The Labute approximate surface area is 154 Å². The first-order chi connectivity index (χ1) is 12.3. The van der Waals surface area contributed by atoms with Crippen LogP contribution in [-0.2, 0) is 14.8 Å². The van der Waals surface area contributed by atoms with Gasteiger partial charge < -0.3 is 10.1 Å². The number of sulfonamides is 1. The Morgan fingerprint density at radius 1 is 1.12 bits per heavy atom. The van der Waals surface area contributed by atoms with E-state index in [9.17, 15) is 13.2 Å². The Hall–Kier alpha value is -2.38. The lowest BCUT2D eigenvalue weighted by Crippen LogP contribution is -2.38. The minimum atomic E-state index is -3.75. The molecule has 2 aromatic rings. The Balaban J connectivity index is 2.16. The fourth-order valence-corrected chi connectivity index (χ4v) is 4.24. The van der Waals surface area contributed by atoms with Crippen LogP contribution in [0.1, 0.15) is 18.1 Å². The molecule has 26 heavy (non-hydrogen) atoms. The number of nitrogens with zero attached hydrogens (tertiary/aromatic N) is 1. The van der Waals surface area contributed by atoms with E-state index in [2.05, 4.69) is 5.32 Å². The SMILES string of the molecule is CCN(CC(=O)Nc1ccc(OC)cc1)S(=O)(=O)c1cc(C)ccc1C. The number of likely N-dealkylation sites (N-methyl/N-ethyl adjacent to an activating group) is 1. The largest absolute Gasteiger partial charge is 0.497 e. The van der Waals surface area contributed by atoms with Gasteiger partial charge in [-0.2, -0.15) is 4.31 Å². The zero-order valence-electron chi connectivity index (χ0n) is 15.4. The normalized spacial score (nSPS) is 11.4. The molecule has 0 aromatic heterocycles. The third-order valence-electron chi connectivity index (χ3n) is 4.01. The fraction of sp³-hybridized carbons (Fsp3) is 0.316. The average Bonchev–Trinajstić information content (AvgIpc) is 2.62. The van der Waals surface area contributed by atoms with Crippen molar-refractivity contribution in [3.05, 3.63) is 53.6 Å². The van der Waals surface area contributed by atoms with Crippen molar-refractivity contribution in [1.29, 1.82) is 0 Å². The standard InChI is InChI=1S/C19H24N2O4S/c1-5-21(26(23,24)18-12-14(2)6-7-15(18)3)13-19(22)20-16-8-10-17(25-4)11-9-16/h6-12H,5,13H2,1-4H3,(H,20,22). The van der Waals surface area contributed by atoms with E-state index in [0.717, 1.165) is 5.56 Å². The van der Waals surface area contributed by atoms with Crippen LogP contribution in [-0.4, -0.2) is 38.8 Å². The second kappa shape index (κ2) is 8.33. The molecule has 0 saturated heterocycles. The Bertz CT molecular complexity index is 877. The van der Waals surface area contributed by atoms with Crippen molar-refractivity contribution >= 4 is 21.6 Å². The molecule has 0 aliphatic heterocycles. The first-order valence-corrected chi connectivity index (χ1v) is 9.73. The second-order valence-corrected chi connectivity index (χ2v) is 7.88. The number of amides is 1. The Kier molecular flexibility index (Phi) is 6.39. The van der Waals surface area contributed by atoms with Crippen LogP contribution in [0, 0.1) is 13.8 Å². The Morgan fingerprint density at radius 3 is 2.35 bits per heavy atom. The van der Waals surface area contributed by atoms with Crippen LogP contribution >= 0.6 is 0 Å². The summed E-state index contributed by atoms with van der Waals surface area (Å²) >= 11 is 0. The number of rotatable bonds is 7. The van der Waals surface area contributed by atoms with Crippen LogP contribution in [0.4, 0.5) is 5.69 Å². The molecule has 2 aromatic carbocycles. The van der Waals surface area contributed by atoms with Gasteiger partial charge in [0.25, 0.3) is 0 Å². The number of hydrogen-bond donors (Lipinski definition) is 1. The number of ether oxygens (including phenoxy) is 1. The molecule has 0 aliphatic carbocycles. The highest BCUT2D eigenvalue weighted by Crippen LogP contribution is 2.21. The van der Waals surface area contributed by atoms with Crippen molar-refractivity contribution in [2.45, 2.75) is 25.7 Å². The number of hydrogen-bond acceptors (Lipinski definition) is 4. The zero-order chi connectivity index (χ0) is 19.3. The van der Waals surface area contributed by atoms with Gasteiger partial charge in [-0.15, -0.1) is 0 Å². The highest BCUT2D eigenvalue weighted by molar-refractivity contribution is 7.89. The van der Waals surface area contributed by atoms with Crippen LogP contribution in [0.5, 0.6) is 5.75 Å². The molecular formula is C19H24N2O4S. The van der Waals surface area contributed by atoms with Crippen molar-refractivity contribution in [1.82, 2.24) is 4.31 Å². The van der Waals surface area contributed by atoms with Crippen LogP contribution in [0.3, 0.4) is 0 Å². The van der Waals surface area contributed by atoms with Gasteiger partial charge in [0.15, 0.2) is 0 Å². The Morgan fingerprint density at radius 2 is 1.77 bits per heavy atom. The van der Waals surface area contributed by atoms with Gasteiger partial charge in [-0.05, 0) is 55.3 Å². The van der Waals surface area contributed by atoms with Crippen LogP contribution in [0.2, 0.25) is 0 Å². The molecule has 1 N–H and O–H groups in total. The maximum atomic E-state index is 12.9. The van der Waals surface area contributed by atoms with E-state index < -0.39 is 15.9 Å². The summed E-state index contributed by atoms with van der Waals surface area (Å²) in [6.45, 7) is 5.25. The zero-order valence-corrected chi connectivity index (χ0v) is 16.3. The number of carbonyl (C=O) groups is 1. The van der Waals surface area contributed by atoms with Crippen molar-refractivity contribution in [3.63, 3.8) is 0 Å². The third kappa shape index (κ3) is 4.62. The molecule has 0 saturated carbocycles. The van der Waals surface area contributed by atoms with Gasteiger partial charge in [0.05, 0.1) is 18.6 Å². The minimum absolute atomic E-state index is 0.200.